The topological polar surface area (TPSA) is 59.6 Å². The van der Waals surface area contributed by atoms with Gasteiger partial charge in [0, 0.05) is 83.2 Å². The van der Waals surface area contributed by atoms with Gasteiger partial charge in [0.05, 0.1) is 66.9 Å². The van der Waals surface area contributed by atoms with Crippen molar-refractivity contribution in [2.45, 2.75) is 0 Å². The molecule has 5 aromatic heterocycles. The molecule has 0 amide bonds. The maximum absolute atomic E-state index is 13.2. The molecule has 0 atom stereocenters. The minimum Gasteiger partial charge on any atom is -0.311 e. The van der Waals surface area contributed by atoms with Gasteiger partial charge in [0.1, 0.15) is 11.6 Å². The molecule has 0 radical (unpaired) electrons. The van der Waals surface area contributed by atoms with Crippen molar-refractivity contribution in [3.05, 3.63) is 400 Å². The third-order valence-corrected chi connectivity index (χ3v) is 22.0. The van der Waals surface area contributed by atoms with Crippen molar-refractivity contribution < 1.29 is 0 Å². The molecule has 0 fully saturated rings. The van der Waals surface area contributed by atoms with Crippen LogP contribution in [0.15, 0.2) is 394 Å². The van der Waals surface area contributed by atoms with Gasteiger partial charge in [-0.05, 0) is 184 Å². The molecule has 7 nitrogen and oxygen atoms in total. The zero-order chi connectivity index (χ0) is 72.0. The minimum absolute atomic E-state index is 0.481. The molecule has 16 aromatic carbocycles. The molecule has 0 aliphatic rings. The lowest BCUT2D eigenvalue weighted by atomic mass is 9.88. The fraction of sp³-hybridized carbons (Fsp3) is 0. The van der Waals surface area contributed by atoms with E-state index in [1.807, 2.05) is 12.3 Å². The van der Waals surface area contributed by atoms with E-state index in [4.69, 9.17) is 4.98 Å². The standard InChI is InChI=1S/C102H65N7/c103-66-88-100(107-91-42-21-17-37-81(91)85-62-72(50-58-95(85)107)67-26-6-1-7-27-67)99(89-40-24-25-61-104-89)98(71-47-55-79(56-48-71)106-90-41-20-16-36-80(90)84-65-75(49-57-94(84)106)70-45-53-78(54-46-70)105(76-32-12-4-13-33-76)77-34-14-5-15-35-77)102(109-93-44-23-19-39-83(93)87-64-74(52-60-97(87)109)69-30-10-3-11-31-69)101(88)108-92-43-22-18-38-82(92)86-63-73(51-59-96(86)108)68-28-8-2-9-29-68/h1-65H. The molecular formula is C102H65N7. The monoisotopic (exact) mass is 1390 g/mol. The van der Waals surface area contributed by atoms with E-state index in [0.717, 1.165) is 183 Å². The molecular weight excluding hydrogens is 1320 g/mol. The van der Waals surface area contributed by atoms with Gasteiger partial charge in [-0.2, -0.15) is 5.26 Å². The summed E-state index contributed by atoms with van der Waals surface area (Å²) in [6.45, 7) is 0. The average molecular weight is 1390 g/mol. The molecule has 0 aliphatic carbocycles. The summed E-state index contributed by atoms with van der Waals surface area (Å²) >= 11 is 0. The van der Waals surface area contributed by atoms with Gasteiger partial charge < -0.3 is 23.2 Å². The highest BCUT2D eigenvalue weighted by Gasteiger charge is 2.35. The van der Waals surface area contributed by atoms with E-state index in [0.29, 0.717) is 16.9 Å². The summed E-state index contributed by atoms with van der Waals surface area (Å²) in [7, 11) is 0. The maximum atomic E-state index is 13.2. The van der Waals surface area contributed by atoms with Crippen molar-refractivity contribution >= 4 is 104 Å². The quantitative estimate of drug-likeness (QED) is 0.116. The molecule has 0 unspecified atom stereocenters. The van der Waals surface area contributed by atoms with E-state index in [1.165, 1.54) is 0 Å². The summed E-state index contributed by atoms with van der Waals surface area (Å²) in [4.78, 5) is 7.77. The SMILES string of the molecule is N#Cc1c(-n2c3ccccc3c3cc(-c4ccccc4)ccc32)c(-c2ccccn2)c(-c2ccc(-n3c4ccccc4c4cc(-c5ccc(N(c6ccccc6)c6ccccc6)cc5)ccc43)cc2)c(-n2c3ccccc3c3cc(-c4ccccc4)ccc32)c1-n1c2ccccc2c2cc(-c3ccccc3)ccc21. The second-order valence-electron chi connectivity index (χ2n) is 28.0. The van der Waals surface area contributed by atoms with E-state index in [9.17, 15) is 5.26 Å². The Labute approximate surface area is 629 Å². The van der Waals surface area contributed by atoms with Crippen LogP contribution in [-0.4, -0.2) is 23.3 Å². The number of nitrogens with zero attached hydrogens (tertiary/aromatic N) is 7. The summed E-state index contributed by atoms with van der Waals surface area (Å²) in [5.41, 5.74) is 27.3. The summed E-state index contributed by atoms with van der Waals surface area (Å²) in [6.07, 6.45) is 1.89. The van der Waals surface area contributed by atoms with Crippen LogP contribution in [0.1, 0.15) is 5.56 Å². The van der Waals surface area contributed by atoms with Gasteiger partial charge >= 0.3 is 0 Å². The Kier molecular flexibility index (Phi) is 14.8. The van der Waals surface area contributed by atoms with Crippen molar-refractivity contribution in [1.29, 1.82) is 5.26 Å². The van der Waals surface area contributed by atoms with Gasteiger partial charge in [0.15, 0.2) is 0 Å². The third kappa shape index (κ3) is 10.2. The fourth-order valence-corrected chi connectivity index (χ4v) is 17.2. The van der Waals surface area contributed by atoms with Gasteiger partial charge in [0.25, 0.3) is 0 Å². The lowest BCUT2D eigenvalue weighted by Crippen LogP contribution is -2.14. The molecule has 7 heteroatoms. The van der Waals surface area contributed by atoms with Crippen molar-refractivity contribution in [2.24, 2.45) is 0 Å². The zero-order valence-corrected chi connectivity index (χ0v) is 59.2. The Morgan fingerprint density at radius 1 is 0.229 bits per heavy atom. The lowest BCUT2D eigenvalue weighted by Gasteiger charge is -2.28. The third-order valence-electron chi connectivity index (χ3n) is 22.0. The van der Waals surface area contributed by atoms with Crippen LogP contribution in [-0.2, 0) is 0 Å². The number of aromatic nitrogens is 5. The predicted octanol–water partition coefficient (Wildman–Crippen LogP) is 26.8. The van der Waals surface area contributed by atoms with Gasteiger partial charge in [-0.1, -0.05) is 255 Å². The second kappa shape index (κ2) is 25.8. The summed E-state index contributed by atoms with van der Waals surface area (Å²) in [6, 6.07) is 143. The minimum atomic E-state index is 0.481. The normalized spacial score (nSPS) is 11.7. The first-order chi connectivity index (χ1) is 54.1. The molecule has 21 rings (SSSR count). The van der Waals surface area contributed by atoms with Crippen LogP contribution in [0.25, 0.3) is 177 Å². The Hall–Kier alpha value is -14.8. The molecule has 0 spiro atoms. The first-order valence-corrected chi connectivity index (χ1v) is 37.1. The number of nitriles is 1. The molecule has 5 heterocycles. The fourth-order valence-electron chi connectivity index (χ4n) is 17.2. The highest BCUT2D eigenvalue weighted by atomic mass is 15.1. The Morgan fingerprint density at radius 3 is 0.945 bits per heavy atom. The number of para-hydroxylation sites is 6. The van der Waals surface area contributed by atoms with E-state index in [2.05, 4.69) is 411 Å². The molecule has 109 heavy (non-hydrogen) atoms. The number of hydrogen-bond donors (Lipinski definition) is 0. The first kappa shape index (κ1) is 62.7. The van der Waals surface area contributed by atoms with Crippen LogP contribution < -0.4 is 4.90 Å². The summed E-state index contributed by atoms with van der Waals surface area (Å²) < 4.78 is 9.65. The molecule has 0 saturated heterocycles. The lowest BCUT2D eigenvalue weighted by molar-refractivity contribution is 1.07. The Morgan fingerprint density at radius 2 is 0.541 bits per heavy atom. The number of anilines is 3. The van der Waals surface area contributed by atoms with E-state index < -0.39 is 0 Å². The van der Waals surface area contributed by atoms with Gasteiger partial charge in [-0.15, -0.1) is 0 Å². The van der Waals surface area contributed by atoms with E-state index in [-0.39, 0.29) is 0 Å². The molecule has 0 saturated carbocycles. The number of benzene rings is 16. The largest absolute Gasteiger partial charge is 0.311 e. The second-order valence-corrected chi connectivity index (χ2v) is 28.0. The highest BCUT2D eigenvalue weighted by molar-refractivity contribution is 6.18. The Bertz CT molecular complexity index is 7130. The first-order valence-electron chi connectivity index (χ1n) is 37.1. The summed E-state index contributed by atoms with van der Waals surface area (Å²) in [5, 5.41) is 22.0. The van der Waals surface area contributed by atoms with Crippen molar-refractivity contribution in [3.63, 3.8) is 0 Å². The van der Waals surface area contributed by atoms with E-state index >= 15 is 0 Å². The van der Waals surface area contributed by atoms with Crippen LogP contribution >= 0.6 is 0 Å². The van der Waals surface area contributed by atoms with Crippen LogP contribution in [0.5, 0.6) is 0 Å². The summed E-state index contributed by atoms with van der Waals surface area (Å²) in [5.74, 6) is 0. The Balaban J connectivity index is 0.864. The van der Waals surface area contributed by atoms with Gasteiger partial charge in [0.2, 0.25) is 0 Å². The zero-order valence-electron chi connectivity index (χ0n) is 59.2. The van der Waals surface area contributed by atoms with Crippen LogP contribution in [0.4, 0.5) is 17.1 Å². The molecule has 0 N–H and O–H groups in total. The molecule has 0 bridgehead atoms. The van der Waals surface area contributed by atoms with Crippen molar-refractivity contribution in [1.82, 2.24) is 23.3 Å². The average Bonchev–Trinajstić information content (AvgIpc) is 1.60. The van der Waals surface area contributed by atoms with Crippen LogP contribution in [0.3, 0.4) is 0 Å². The number of pyridine rings is 1. The smallest absolute Gasteiger partial charge is 0.104 e. The predicted molar refractivity (Wildman–Crippen MR) is 454 cm³/mol. The number of fused-ring (bicyclic) bond motifs is 12. The van der Waals surface area contributed by atoms with Gasteiger partial charge in [-0.25, -0.2) is 0 Å². The number of rotatable bonds is 13. The van der Waals surface area contributed by atoms with Crippen molar-refractivity contribution in [3.8, 4) is 95.7 Å². The van der Waals surface area contributed by atoms with Crippen molar-refractivity contribution in [2.75, 3.05) is 4.90 Å². The molecule has 0 aliphatic heterocycles. The number of hydrogen-bond acceptors (Lipinski definition) is 3. The maximum Gasteiger partial charge on any atom is 0.104 e. The van der Waals surface area contributed by atoms with Crippen LogP contribution in [0.2, 0.25) is 0 Å². The molecule has 21 aromatic rings. The highest BCUT2D eigenvalue weighted by Crippen LogP contribution is 2.53. The van der Waals surface area contributed by atoms with Crippen LogP contribution in [0, 0.1) is 11.3 Å². The molecule has 508 valence electrons. The van der Waals surface area contributed by atoms with Gasteiger partial charge in [-0.3, -0.25) is 4.98 Å². The van der Waals surface area contributed by atoms with E-state index in [1.54, 1.807) is 0 Å².